The van der Waals surface area contributed by atoms with Crippen molar-refractivity contribution in [1.82, 2.24) is 9.97 Å². The average Bonchev–Trinajstić information content (AvgIpc) is 2.29. The van der Waals surface area contributed by atoms with Crippen molar-refractivity contribution in [3.63, 3.8) is 0 Å². The molecular weight excluding hydrogens is 214 g/mol. The molecule has 0 saturated carbocycles. The van der Waals surface area contributed by atoms with E-state index in [9.17, 15) is 0 Å². The molecule has 4 nitrogen and oxygen atoms in total. The number of hydrogen-bond acceptors (Lipinski definition) is 4. The lowest BCUT2D eigenvalue weighted by Gasteiger charge is -2.12. The maximum Gasteiger partial charge on any atom is 0.166 e. The first-order valence-corrected chi connectivity index (χ1v) is 5.42. The van der Waals surface area contributed by atoms with E-state index < -0.39 is 0 Å². The fourth-order valence-corrected chi connectivity index (χ4v) is 1.75. The largest absolute Gasteiger partial charge is 0.485 e. The first-order valence-electron chi connectivity index (χ1n) is 5.42. The summed E-state index contributed by atoms with van der Waals surface area (Å²) >= 11 is 0. The summed E-state index contributed by atoms with van der Waals surface area (Å²) in [6.45, 7) is 4.32. The SMILES string of the molecule is Cc1cc(N)cc(C)c1OCc1ncccn1. The van der Waals surface area contributed by atoms with Crippen molar-refractivity contribution < 1.29 is 4.74 Å². The topological polar surface area (TPSA) is 61.0 Å². The van der Waals surface area contributed by atoms with E-state index in [2.05, 4.69) is 9.97 Å². The van der Waals surface area contributed by atoms with Crippen LogP contribution in [0.1, 0.15) is 17.0 Å². The molecule has 2 aromatic rings. The average molecular weight is 229 g/mol. The summed E-state index contributed by atoms with van der Waals surface area (Å²) in [7, 11) is 0. The molecule has 0 amide bonds. The first-order chi connectivity index (χ1) is 8.16. The molecule has 0 unspecified atom stereocenters. The van der Waals surface area contributed by atoms with Crippen LogP contribution in [-0.4, -0.2) is 9.97 Å². The zero-order valence-electron chi connectivity index (χ0n) is 9.97. The molecule has 1 aromatic carbocycles. The van der Waals surface area contributed by atoms with Crippen LogP contribution < -0.4 is 10.5 Å². The van der Waals surface area contributed by atoms with Crippen LogP contribution in [0.15, 0.2) is 30.6 Å². The third-order valence-corrected chi connectivity index (χ3v) is 2.45. The molecular formula is C13H15N3O. The van der Waals surface area contributed by atoms with Crippen LogP contribution in [-0.2, 0) is 6.61 Å². The van der Waals surface area contributed by atoms with Gasteiger partial charge < -0.3 is 10.5 Å². The molecule has 0 fully saturated rings. The van der Waals surface area contributed by atoms with Gasteiger partial charge in [-0.2, -0.15) is 0 Å². The summed E-state index contributed by atoms with van der Waals surface area (Å²) in [6, 6.07) is 5.57. The lowest BCUT2D eigenvalue weighted by atomic mass is 10.1. The second-order valence-electron chi connectivity index (χ2n) is 3.94. The fourth-order valence-electron chi connectivity index (χ4n) is 1.75. The molecule has 0 radical (unpaired) electrons. The fraction of sp³-hybridized carbons (Fsp3) is 0.231. The van der Waals surface area contributed by atoms with Gasteiger partial charge in [0.15, 0.2) is 5.82 Å². The number of hydrogen-bond donors (Lipinski definition) is 1. The predicted molar refractivity (Wildman–Crippen MR) is 66.7 cm³/mol. The minimum Gasteiger partial charge on any atom is -0.485 e. The van der Waals surface area contributed by atoms with E-state index in [1.807, 2.05) is 26.0 Å². The Morgan fingerprint density at radius 3 is 2.29 bits per heavy atom. The Morgan fingerprint density at radius 1 is 1.12 bits per heavy atom. The third-order valence-electron chi connectivity index (χ3n) is 2.45. The molecule has 0 spiro atoms. The van der Waals surface area contributed by atoms with Gasteiger partial charge in [0.05, 0.1) is 0 Å². The normalized spacial score (nSPS) is 10.2. The number of aromatic nitrogens is 2. The number of benzene rings is 1. The van der Waals surface area contributed by atoms with Crippen LogP contribution in [0.4, 0.5) is 5.69 Å². The number of rotatable bonds is 3. The molecule has 0 aliphatic rings. The van der Waals surface area contributed by atoms with Gasteiger partial charge in [0.25, 0.3) is 0 Å². The van der Waals surface area contributed by atoms with E-state index in [1.165, 1.54) is 0 Å². The zero-order chi connectivity index (χ0) is 12.3. The number of anilines is 1. The molecule has 4 heteroatoms. The maximum absolute atomic E-state index is 5.76. The summed E-state index contributed by atoms with van der Waals surface area (Å²) in [5.41, 5.74) is 8.56. The number of aryl methyl sites for hydroxylation is 2. The standard InChI is InChI=1S/C13H15N3O/c1-9-6-11(14)7-10(2)13(9)17-8-12-15-4-3-5-16-12/h3-7H,8,14H2,1-2H3. The van der Waals surface area contributed by atoms with Crippen LogP contribution in [0.3, 0.4) is 0 Å². The summed E-state index contributed by atoms with van der Waals surface area (Å²) in [5.74, 6) is 1.52. The monoisotopic (exact) mass is 229 g/mol. The number of nitrogens with two attached hydrogens (primary N) is 1. The molecule has 0 aliphatic heterocycles. The minimum absolute atomic E-state index is 0.367. The van der Waals surface area contributed by atoms with Crippen molar-refractivity contribution in [3.05, 3.63) is 47.5 Å². The molecule has 1 aromatic heterocycles. The number of ether oxygens (including phenoxy) is 1. The minimum atomic E-state index is 0.367. The van der Waals surface area contributed by atoms with E-state index >= 15 is 0 Å². The van der Waals surface area contributed by atoms with Gasteiger partial charge >= 0.3 is 0 Å². The van der Waals surface area contributed by atoms with Crippen LogP contribution in [0, 0.1) is 13.8 Å². The van der Waals surface area contributed by atoms with Gasteiger partial charge in [-0.25, -0.2) is 9.97 Å². The summed E-state index contributed by atoms with van der Waals surface area (Å²) < 4.78 is 5.73. The van der Waals surface area contributed by atoms with Crippen LogP contribution >= 0.6 is 0 Å². The summed E-state index contributed by atoms with van der Waals surface area (Å²) in [4.78, 5) is 8.22. The molecule has 88 valence electrons. The smallest absolute Gasteiger partial charge is 0.166 e. The van der Waals surface area contributed by atoms with Gasteiger partial charge in [0.2, 0.25) is 0 Å². The molecule has 0 atom stereocenters. The van der Waals surface area contributed by atoms with Crippen molar-refractivity contribution in [2.45, 2.75) is 20.5 Å². The molecule has 2 N–H and O–H groups in total. The lowest BCUT2D eigenvalue weighted by molar-refractivity contribution is 0.292. The molecule has 0 bridgehead atoms. The Bertz CT molecular complexity index is 488. The third kappa shape index (κ3) is 2.72. The van der Waals surface area contributed by atoms with Crippen LogP contribution in [0.5, 0.6) is 5.75 Å². The Hall–Kier alpha value is -2.10. The Morgan fingerprint density at radius 2 is 1.71 bits per heavy atom. The predicted octanol–water partition coefficient (Wildman–Crippen LogP) is 2.25. The van der Waals surface area contributed by atoms with Gasteiger partial charge in [-0.1, -0.05) is 0 Å². The second-order valence-corrected chi connectivity index (χ2v) is 3.94. The quantitative estimate of drug-likeness (QED) is 0.820. The molecule has 1 heterocycles. The van der Waals surface area contributed by atoms with Gasteiger partial charge in [-0.3, -0.25) is 0 Å². The molecule has 0 saturated heterocycles. The van der Waals surface area contributed by atoms with E-state index in [1.54, 1.807) is 18.5 Å². The van der Waals surface area contributed by atoms with Crippen molar-refractivity contribution in [3.8, 4) is 5.75 Å². The summed E-state index contributed by atoms with van der Waals surface area (Å²) in [5, 5.41) is 0. The zero-order valence-corrected chi connectivity index (χ0v) is 9.97. The van der Waals surface area contributed by atoms with E-state index in [-0.39, 0.29) is 0 Å². The lowest BCUT2D eigenvalue weighted by Crippen LogP contribution is -2.03. The van der Waals surface area contributed by atoms with Crippen molar-refractivity contribution in [2.75, 3.05) is 5.73 Å². The highest BCUT2D eigenvalue weighted by Gasteiger charge is 2.06. The van der Waals surface area contributed by atoms with Crippen molar-refractivity contribution in [1.29, 1.82) is 0 Å². The second kappa shape index (κ2) is 4.82. The van der Waals surface area contributed by atoms with Crippen molar-refractivity contribution in [2.24, 2.45) is 0 Å². The highest BCUT2D eigenvalue weighted by molar-refractivity contribution is 5.52. The van der Waals surface area contributed by atoms with Crippen LogP contribution in [0.25, 0.3) is 0 Å². The van der Waals surface area contributed by atoms with Crippen LogP contribution in [0.2, 0.25) is 0 Å². The molecule has 17 heavy (non-hydrogen) atoms. The van der Waals surface area contributed by atoms with E-state index in [0.717, 1.165) is 22.6 Å². The Kier molecular flexibility index (Phi) is 3.23. The van der Waals surface area contributed by atoms with Gasteiger partial charge in [0, 0.05) is 18.1 Å². The number of nitrogens with zero attached hydrogens (tertiary/aromatic N) is 2. The summed E-state index contributed by atoms with van der Waals surface area (Å²) in [6.07, 6.45) is 3.41. The highest BCUT2D eigenvalue weighted by Crippen LogP contribution is 2.26. The molecule has 0 aliphatic carbocycles. The van der Waals surface area contributed by atoms with E-state index in [4.69, 9.17) is 10.5 Å². The Labute approximate surface area is 100 Å². The van der Waals surface area contributed by atoms with Crippen molar-refractivity contribution >= 4 is 5.69 Å². The first kappa shape index (κ1) is 11.4. The van der Waals surface area contributed by atoms with E-state index in [0.29, 0.717) is 12.4 Å². The van der Waals surface area contributed by atoms with Gasteiger partial charge in [0.1, 0.15) is 12.4 Å². The number of nitrogen functional groups attached to an aromatic ring is 1. The van der Waals surface area contributed by atoms with Gasteiger partial charge in [-0.15, -0.1) is 0 Å². The van der Waals surface area contributed by atoms with Gasteiger partial charge in [-0.05, 0) is 43.2 Å². The maximum atomic E-state index is 5.76. The molecule has 2 rings (SSSR count). The Balaban J connectivity index is 2.15. The highest BCUT2D eigenvalue weighted by atomic mass is 16.5.